The molecule has 1 aromatic rings. The minimum absolute atomic E-state index is 0.251. The molecule has 0 aliphatic rings. The molecule has 0 fully saturated rings. The Bertz CT molecular complexity index is 446. The number of nitrogens with one attached hydrogen (secondary N) is 1. The lowest BCUT2D eigenvalue weighted by Crippen LogP contribution is -2.32. The third-order valence-electron chi connectivity index (χ3n) is 3.02. The molecule has 1 atom stereocenters. The van der Waals surface area contributed by atoms with Crippen LogP contribution < -0.4 is 5.32 Å². The second-order valence-electron chi connectivity index (χ2n) is 4.97. The molecule has 0 spiro atoms. The Morgan fingerprint density at radius 2 is 2.16 bits per heavy atom. The van der Waals surface area contributed by atoms with E-state index in [9.17, 15) is 8.42 Å². The zero-order chi connectivity index (χ0) is 14.1. The SMILES string of the molecule is CCCNC(CCc1cccnc1)CCS(C)(=O)=O. The van der Waals surface area contributed by atoms with Crippen molar-refractivity contribution in [3.8, 4) is 0 Å². The van der Waals surface area contributed by atoms with Crippen molar-refractivity contribution in [1.29, 1.82) is 0 Å². The van der Waals surface area contributed by atoms with Gasteiger partial charge < -0.3 is 5.32 Å². The van der Waals surface area contributed by atoms with Gasteiger partial charge in [-0.1, -0.05) is 13.0 Å². The van der Waals surface area contributed by atoms with E-state index in [0.717, 1.165) is 25.8 Å². The zero-order valence-corrected chi connectivity index (χ0v) is 12.6. The predicted octanol–water partition coefficient (Wildman–Crippen LogP) is 1.82. The van der Waals surface area contributed by atoms with Crippen LogP contribution in [0.5, 0.6) is 0 Å². The first-order valence-corrected chi connectivity index (χ1v) is 8.87. The molecule has 0 aromatic carbocycles. The normalized spacial score (nSPS) is 13.4. The summed E-state index contributed by atoms with van der Waals surface area (Å²) in [5, 5.41) is 3.43. The maximum Gasteiger partial charge on any atom is 0.147 e. The summed E-state index contributed by atoms with van der Waals surface area (Å²) in [7, 11) is -2.88. The lowest BCUT2D eigenvalue weighted by molar-refractivity contribution is 0.466. The summed E-state index contributed by atoms with van der Waals surface area (Å²) in [6.45, 7) is 3.04. The molecule has 1 heterocycles. The maximum atomic E-state index is 11.2. The number of rotatable bonds is 9. The molecular weight excluding hydrogens is 260 g/mol. The summed E-state index contributed by atoms with van der Waals surface area (Å²) in [6.07, 6.45) is 8.54. The summed E-state index contributed by atoms with van der Waals surface area (Å²) < 4.78 is 22.5. The monoisotopic (exact) mass is 284 g/mol. The van der Waals surface area contributed by atoms with Crippen LogP contribution in [0.3, 0.4) is 0 Å². The molecule has 1 N–H and O–H groups in total. The summed E-state index contributed by atoms with van der Waals surface area (Å²) >= 11 is 0. The van der Waals surface area contributed by atoms with E-state index in [1.54, 1.807) is 6.20 Å². The average Bonchev–Trinajstić information content (AvgIpc) is 2.38. The molecular formula is C14H24N2O2S. The summed E-state index contributed by atoms with van der Waals surface area (Å²) in [4.78, 5) is 4.09. The molecule has 1 unspecified atom stereocenters. The van der Waals surface area contributed by atoms with Gasteiger partial charge in [-0.05, 0) is 43.9 Å². The van der Waals surface area contributed by atoms with Crippen molar-refractivity contribution < 1.29 is 8.42 Å². The Balaban J connectivity index is 2.44. The van der Waals surface area contributed by atoms with E-state index in [1.165, 1.54) is 11.8 Å². The number of hydrogen-bond acceptors (Lipinski definition) is 4. The quantitative estimate of drug-likeness (QED) is 0.751. The highest BCUT2D eigenvalue weighted by atomic mass is 32.2. The van der Waals surface area contributed by atoms with Gasteiger partial charge in [-0.2, -0.15) is 0 Å². The molecule has 1 aromatic heterocycles. The standard InChI is InChI=1S/C14H24N2O2S/c1-3-9-16-14(8-11-19(2,17)18)7-6-13-5-4-10-15-12-13/h4-5,10,12,14,16H,3,6-9,11H2,1-2H3. The van der Waals surface area contributed by atoms with E-state index in [1.807, 2.05) is 12.3 Å². The van der Waals surface area contributed by atoms with Crippen molar-refractivity contribution in [3.05, 3.63) is 30.1 Å². The van der Waals surface area contributed by atoms with Gasteiger partial charge in [-0.15, -0.1) is 0 Å². The van der Waals surface area contributed by atoms with Gasteiger partial charge >= 0.3 is 0 Å². The van der Waals surface area contributed by atoms with Crippen LogP contribution in [0.2, 0.25) is 0 Å². The molecule has 0 aliphatic heterocycles. The average molecular weight is 284 g/mol. The Kier molecular flexibility index (Phi) is 7.02. The Hall–Kier alpha value is -0.940. The van der Waals surface area contributed by atoms with Crippen molar-refractivity contribution in [3.63, 3.8) is 0 Å². The highest BCUT2D eigenvalue weighted by Crippen LogP contribution is 2.07. The second kappa shape index (κ2) is 8.27. The smallest absolute Gasteiger partial charge is 0.147 e. The van der Waals surface area contributed by atoms with Crippen molar-refractivity contribution in [2.75, 3.05) is 18.6 Å². The van der Waals surface area contributed by atoms with E-state index in [-0.39, 0.29) is 11.8 Å². The molecule has 108 valence electrons. The number of nitrogens with zero attached hydrogens (tertiary/aromatic N) is 1. The minimum Gasteiger partial charge on any atom is -0.314 e. The van der Waals surface area contributed by atoms with Gasteiger partial charge in [0, 0.05) is 24.7 Å². The van der Waals surface area contributed by atoms with Crippen LogP contribution in [0.25, 0.3) is 0 Å². The molecule has 0 amide bonds. The van der Waals surface area contributed by atoms with E-state index in [2.05, 4.69) is 23.3 Å². The molecule has 5 heteroatoms. The molecule has 0 aliphatic carbocycles. The van der Waals surface area contributed by atoms with Gasteiger partial charge in [0.15, 0.2) is 0 Å². The van der Waals surface area contributed by atoms with Crippen molar-refractivity contribution >= 4 is 9.84 Å². The summed E-state index contributed by atoms with van der Waals surface area (Å²) in [5.41, 5.74) is 1.20. The largest absolute Gasteiger partial charge is 0.314 e. The van der Waals surface area contributed by atoms with Crippen LogP contribution in [0, 0.1) is 0 Å². The van der Waals surface area contributed by atoms with E-state index < -0.39 is 9.84 Å². The molecule has 19 heavy (non-hydrogen) atoms. The topological polar surface area (TPSA) is 59.1 Å². The van der Waals surface area contributed by atoms with Gasteiger partial charge in [-0.25, -0.2) is 8.42 Å². The first-order chi connectivity index (χ1) is 9.01. The number of sulfone groups is 1. The molecule has 0 saturated carbocycles. The fourth-order valence-corrected chi connectivity index (χ4v) is 2.65. The van der Waals surface area contributed by atoms with Gasteiger partial charge in [-0.3, -0.25) is 4.98 Å². The molecule has 0 radical (unpaired) electrons. The van der Waals surface area contributed by atoms with Crippen molar-refractivity contribution in [2.45, 2.75) is 38.6 Å². The van der Waals surface area contributed by atoms with Crippen molar-refractivity contribution in [2.24, 2.45) is 0 Å². The number of hydrogen-bond donors (Lipinski definition) is 1. The molecule has 1 rings (SSSR count). The van der Waals surface area contributed by atoms with Gasteiger partial charge in [0.1, 0.15) is 9.84 Å². The summed E-state index contributed by atoms with van der Waals surface area (Å²) in [6, 6.07) is 4.25. The fraction of sp³-hybridized carbons (Fsp3) is 0.643. The first kappa shape index (κ1) is 16.1. The third kappa shape index (κ3) is 7.95. The van der Waals surface area contributed by atoms with Crippen LogP contribution in [-0.2, 0) is 16.3 Å². The minimum atomic E-state index is -2.88. The third-order valence-corrected chi connectivity index (χ3v) is 4.00. The van der Waals surface area contributed by atoms with Crippen LogP contribution in [0.15, 0.2) is 24.5 Å². The van der Waals surface area contributed by atoms with Gasteiger partial charge in [0.05, 0.1) is 5.75 Å². The Labute approximate surface area is 116 Å². The first-order valence-electron chi connectivity index (χ1n) is 6.81. The van der Waals surface area contributed by atoms with E-state index >= 15 is 0 Å². The number of aromatic nitrogens is 1. The molecule has 4 nitrogen and oxygen atoms in total. The number of pyridine rings is 1. The van der Waals surface area contributed by atoms with Crippen LogP contribution in [0.1, 0.15) is 31.7 Å². The highest BCUT2D eigenvalue weighted by molar-refractivity contribution is 7.90. The number of aryl methyl sites for hydroxylation is 1. The highest BCUT2D eigenvalue weighted by Gasteiger charge is 2.11. The van der Waals surface area contributed by atoms with Crippen LogP contribution in [0.4, 0.5) is 0 Å². The van der Waals surface area contributed by atoms with Gasteiger partial charge in [0.2, 0.25) is 0 Å². The van der Waals surface area contributed by atoms with Crippen LogP contribution in [-0.4, -0.2) is 38.0 Å². The predicted molar refractivity (Wildman–Crippen MR) is 79.0 cm³/mol. The Morgan fingerprint density at radius 1 is 1.37 bits per heavy atom. The Morgan fingerprint density at radius 3 is 2.74 bits per heavy atom. The lowest BCUT2D eigenvalue weighted by Gasteiger charge is -2.18. The lowest BCUT2D eigenvalue weighted by atomic mass is 10.0. The second-order valence-corrected chi connectivity index (χ2v) is 7.23. The maximum absolute atomic E-state index is 11.2. The molecule has 0 saturated heterocycles. The van der Waals surface area contributed by atoms with E-state index in [0.29, 0.717) is 6.42 Å². The van der Waals surface area contributed by atoms with Crippen molar-refractivity contribution in [1.82, 2.24) is 10.3 Å². The van der Waals surface area contributed by atoms with Crippen LogP contribution >= 0.6 is 0 Å². The van der Waals surface area contributed by atoms with Gasteiger partial charge in [0.25, 0.3) is 0 Å². The van der Waals surface area contributed by atoms with E-state index in [4.69, 9.17) is 0 Å². The zero-order valence-electron chi connectivity index (χ0n) is 11.8. The molecule has 0 bridgehead atoms. The fourth-order valence-electron chi connectivity index (χ4n) is 1.94. The summed E-state index contributed by atoms with van der Waals surface area (Å²) in [5.74, 6) is 0.251.